The van der Waals surface area contributed by atoms with Crippen molar-refractivity contribution in [2.75, 3.05) is 69.4 Å². The Morgan fingerprint density at radius 2 is 1.26 bits per heavy atom. The number of nitrogens with zero attached hydrogens (tertiary/aromatic N) is 6. The van der Waals surface area contributed by atoms with E-state index < -0.39 is 0 Å². The first kappa shape index (κ1) is 29.8. The molecular formula is C29H31IN6O3. The maximum Gasteiger partial charge on any atom is 0.239 e. The molecule has 0 radical (unpaired) electrons. The number of halogens is 1. The van der Waals surface area contributed by atoms with Crippen LogP contribution < -0.4 is 43.1 Å². The van der Waals surface area contributed by atoms with Crippen LogP contribution >= 0.6 is 0 Å². The van der Waals surface area contributed by atoms with Crippen LogP contribution in [0, 0.1) is 13.1 Å². The third-order valence-electron chi connectivity index (χ3n) is 6.40. The molecule has 0 bridgehead atoms. The van der Waals surface area contributed by atoms with E-state index in [1.807, 2.05) is 59.5 Å². The van der Waals surface area contributed by atoms with Crippen molar-refractivity contribution in [1.29, 1.82) is 0 Å². The Morgan fingerprint density at radius 3 is 1.69 bits per heavy atom. The molecule has 0 unspecified atom stereocenters. The van der Waals surface area contributed by atoms with E-state index in [2.05, 4.69) is 25.2 Å². The second-order valence-electron chi connectivity index (χ2n) is 8.68. The topological polar surface area (TPSA) is 81.7 Å². The van der Waals surface area contributed by atoms with Gasteiger partial charge in [0.05, 0.1) is 33.4 Å². The smallest absolute Gasteiger partial charge is 0.239 e. The van der Waals surface area contributed by atoms with Crippen molar-refractivity contribution in [3.05, 3.63) is 83.5 Å². The molecule has 0 aliphatic heterocycles. The van der Waals surface area contributed by atoms with E-state index >= 15 is 0 Å². The van der Waals surface area contributed by atoms with Gasteiger partial charge in [0, 0.05) is 48.7 Å². The van der Waals surface area contributed by atoms with Crippen LogP contribution in [-0.4, -0.2) is 74.8 Å². The Kier molecular flexibility index (Phi) is 11.1. The number of anilines is 2. The van der Waals surface area contributed by atoms with Gasteiger partial charge in [-0.15, -0.1) is 4.57 Å². The zero-order valence-corrected chi connectivity index (χ0v) is 24.0. The summed E-state index contributed by atoms with van der Waals surface area (Å²) < 4.78 is 7.52. The largest absolute Gasteiger partial charge is 1.00 e. The molecule has 4 aromatic rings. The van der Waals surface area contributed by atoms with Crippen LogP contribution in [0.4, 0.5) is 11.4 Å². The molecule has 1 heterocycles. The van der Waals surface area contributed by atoms with E-state index in [1.54, 1.807) is 7.11 Å². The molecule has 39 heavy (non-hydrogen) atoms. The summed E-state index contributed by atoms with van der Waals surface area (Å²) >= 11 is 0. The minimum atomic E-state index is -0.0269. The van der Waals surface area contributed by atoms with Crippen LogP contribution in [0.5, 0.6) is 5.75 Å². The maximum absolute atomic E-state index is 9.57. The third kappa shape index (κ3) is 6.84. The molecule has 0 saturated carbocycles. The molecule has 0 aliphatic rings. The molecule has 0 spiro atoms. The van der Waals surface area contributed by atoms with E-state index in [-0.39, 0.29) is 37.2 Å². The van der Waals surface area contributed by atoms with Gasteiger partial charge in [0.1, 0.15) is 16.8 Å². The number of fused-ring (bicyclic) bond motifs is 2. The predicted molar refractivity (Wildman–Crippen MR) is 149 cm³/mol. The quantitative estimate of drug-likeness (QED) is 0.0994. The van der Waals surface area contributed by atoms with E-state index in [1.165, 1.54) is 0 Å². The number of aromatic nitrogens is 2. The zero-order chi connectivity index (χ0) is 26.9. The van der Waals surface area contributed by atoms with Gasteiger partial charge in [-0.05, 0) is 36.4 Å². The van der Waals surface area contributed by atoms with E-state index in [0.29, 0.717) is 39.3 Å². The van der Waals surface area contributed by atoms with Crippen molar-refractivity contribution in [3.8, 4) is 11.4 Å². The number of benzene rings is 3. The second kappa shape index (κ2) is 14.4. The predicted octanol–water partition coefficient (Wildman–Crippen LogP) is 0.113. The van der Waals surface area contributed by atoms with Crippen LogP contribution in [0.2, 0.25) is 0 Å². The summed E-state index contributed by atoms with van der Waals surface area (Å²) in [7, 11) is 1.63. The summed E-state index contributed by atoms with van der Waals surface area (Å²) in [6, 6.07) is 19.8. The minimum Gasteiger partial charge on any atom is -1.00 e. The van der Waals surface area contributed by atoms with Crippen LogP contribution in [0.3, 0.4) is 0 Å². The molecular weight excluding hydrogens is 607 g/mol. The average molecular weight is 639 g/mol. The molecule has 4 rings (SSSR count). The number of hydrogen-bond acceptors (Lipinski definition) is 6. The second-order valence-corrected chi connectivity index (χ2v) is 8.68. The standard InChI is InChI=1S/C29H31N6O3.HI/c1-30-12-14-33(15-13-31-2)23-6-10-26-28(20-23)35(22-4-8-25(38-3)9-5-22)29-21-24(7-11-27(29)32-26)34(16-18-36)17-19-37;/h4-11,20-21,36-37H,12-19H2,3H3;1H/q+1;/p-1. The van der Waals surface area contributed by atoms with E-state index in [9.17, 15) is 10.2 Å². The molecule has 9 nitrogen and oxygen atoms in total. The molecule has 0 fully saturated rings. The van der Waals surface area contributed by atoms with Gasteiger partial charge in [-0.2, -0.15) is 0 Å². The molecule has 0 atom stereocenters. The van der Waals surface area contributed by atoms with Crippen LogP contribution in [0.25, 0.3) is 37.4 Å². The number of hydrogen-bond donors (Lipinski definition) is 2. The highest BCUT2D eigenvalue weighted by atomic mass is 127. The maximum atomic E-state index is 9.57. The highest BCUT2D eigenvalue weighted by Crippen LogP contribution is 2.26. The third-order valence-corrected chi connectivity index (χ3v) is 6.40. The lowest BCUT2D eigenvalue weighted by atomic mass is 10.1. The van der Waals surface area contributed by atoms with E-state index in [0.717, 1.165) is 44.9 Å². The monoisotopic (exact) mass is 638 g/mol. The van der Waals surface area contributed by atoms with Crippen LogP contribution in [0.15, 0.2) is 60.7 Å². The average Bonchev–Trinajstić information content (AvgIpc) is 2.95. The Morgan fingerprint density at radius 1 is 0.769 bits per heavy atom. The molecule has 0 aliphatic carbocycles. The van der Waals surface area contributed by atoms with Gasteiger partial charge in [-0.25, -0.2) is 18.1 Å². The first-order chi connectivity index (χ1) is 18.6. The lowest BCUT2D eigenvalue weighted by Crippen LogP contribution is -3.00. The van der Waals surface area contributed by atoms with Crippen molar-refractivity contribution in [2.45, 2.75) is 0 Å². The van der Waals surface area contributed by atoms with Gasteiger partial charge < -0.3 is 58.4 Å². The summed E-state index contributed by atoms with van der Waals surface area (Å²) in [5.74, 6) is 0.750. The highest BCUT2D eigenvalue weighted by Gasteiger charge is 2.23. The normalized spacial score (nSPS) is 10.5. The summed E-state index contributed by atoms with van der Waals surface area (Å²) in [6.07, 6.45) is 0. The Balaban J connectivity index is 0.00000420. The number of methoxy groups -OCH3 is 1. The minimum absolute atomic E-state index is 0. The van der Waals surface area contributed by atoms with Crippen molar-refractivity contribution in [2.24, 2.45) is 0 Å². The number of aliphatic hydroxyl groups is 2. The molecule has 10 heteroatoms. The molecule has 202 valence electrons. The summed E-state index contributed by atoms with van der Waals surface area (Å²) in [6.45, 7) is 17.0. The van der Waals surface area contributed by atoms with Gasteiger partial charge in [0.25, 0.3) is 0 Å². The molecule has 2 N–H and O–H groups in total. The lowest BCUT2D eigenvalue weighted by Gasteiger charge is -2.23. The number of ether oxygens (including phenoxy) is 1. The summed E-state index contributed by atoms with van der Waals surface area (Å²) in [5.41, 5.74) is 6.07. The van der Waals surface area contributed by atoms with Gasteiger partial charge >= 0.3 is 0 Å². The fourth-order valence-electron chi connectivity index (χ4n) is 4.56. The summed E-state index contributed by atoms with van der Waals surface area (Å²) in [5, 5.41) is 19.1. The fraction of sp³-hybridized carbons (Fsp3) is 0.310. The SMILES string of the molecule is [C-]#[N+]CCN(CC[N+]#[C-])c1ccc2nc3ccc(N(CCO)CCO)cc3[n+](-c3ccc(OC)cc3)c2c1.[I-]. The van der Waals surface area contributed by atoms with Crippen LogP contribution in [-0.2, 0) is 0 Å². The Hall–Kier alpha value is -3.71. The van der Waals surface area contributed by atoms with Crippen LogP contribution in [0.1, 0.15) is 0 Å². The highest BCUT2D eigenvalue weighted by molar-refractivity contribution is 5.86. The van der Waals surface area contributed by atoms with Gasteiger partial charge in [0.2, 0.25) is 29.8 Å². The van der Waals surface area contributed by atoms with E-state index in [4.69, 9.17) is 22.9 Å². The summed E-state index contributed by atoms with van der Waals surface area (Å²) in [4.78, 5) is 16.0. The Labute approximate surface area is 245 Å². The molecule has 0 saturated heterocycles. The molecule has 3 aromatic carbocycles. The van der Waals surface area contributed by atoms with Crippen molar-refractivity contribution >= 4 is 33.4 Å². The first-order valence-electron chi connectivity index (χ1n) is 12.5. The first-order valence-corrected chi connectivity index (χ1v) is 12.5. The number of rotatable bonds is 12. The molecule has 0 amide bonds. The number of aliphatic hydroxyl groups excluding tert-OH is 2. The lowest BCUT2D eigenvalue weighted by molar-refractivity contribution is -0.538. The van der Waals surface area contributed by atoms with Gasteiger partial charge in [-0.1, -0.05) is 0 Å². The van der Waals surface area contributed by atoms with Crippen molar-refractivity contribution in [3.63, 3.8) is 0 Å². The fourth-order valence-corrected chi connectivity index (χ4v) is 4.56. The zero-order valence-electron chi connectivity index (χ0n) is 21.8. The molecule has 1 aromatic heterocycles. The Bertz CT molecular complexity index is 1460. The van der Waals surface area contributed by atoms with Gasteiger partial charge in [-0.3, -0.25) is 0 Å². The van der Waals surface area contributed by atoms with Gasteiger partial charge in [0.15, 0.2) is 0 Å². The van der Waals surface area contributed by atoms with Crippen molar-refractivity contribution in [1.82, 2.24) is 4.98 Å². The van der Waals surface area contributed by atoms with Crippen molar-refractivity contribution < 1.29 is 43.5 Å².